The summed E-state index contributed by atoms with van der Waals surface area (Å²) in [7, 11) is 0. The molecule has 0 bridgehead atoms. The number of ether oxygens (including phenoxy) is 1. The van der Waals surface area contributed by atoms with Gasteiger partial charge in [0.25, 0.3) is 0 Å². The normalized spacial score (nSPS) is 31.3. The minimum Gasteiger partial charge on any atom is -0.374 e. The van der Waals surface area contributed by atoms with Gasteiger partial charge in [-0.1, -0.05) is 6.92 Å². The number of hydrogen-bond donors (Lipinski definition) is 1. The first-order valence-corrected chi connectivity index (χ1v) is 6.87. The highest BCUT2D eigenvalue weighted by Crippen LogP contribution is 2.33. The Balaban J connectivity index is 2.11. The van der Waals surface area contributed by atoms with E-state index in [-0.39, 0.29) is 30.0 Å². The number of carbonyl (C=O) groups excluding carboxylic acids is 1. The van der Waals surface area contributed by atoms with Crippen LogP contribution < -0.4 is 5.32 Å². The van der Waals surface area contributed by atoms with E-state index >= 15 is 0 Å². The van der Waals surface area contributed by atoms with Crippen molar-refractivity contribution in [3.05, 3.63) is 22.8 Å². The number of aromatic nitrogens is 1. The van der Waals surface area contributed by atoms with E-state index in [4.69, 9.17) is 4.74 Å². The molecule has 0 radical (unpaired) electrons. The quantitative estimate of drug-likeness (QED) is 0.913. The van der Waals surface area contributed by atoms with Crippen LogP contribution in [-0.4, -0.2) is 23.1 Å². The maximum Gasteiger partial charge on any atom is 0.231 e. The number of hydrogen-bond acceptors (Lipinski definition) is 3. The third kappa shape index (κ3) is 2.57. The fraction of sp³-hybridized carbons (Fsp3) is 0.538. The molecular weight excluding hydrogens is 296 g/mol. The molecule has 1 aromatic rings. The van der Waals surface area contributed by atoms with Crippen LogP contribution >= 0.6 is 15.9 Å². The van der Waals surface area contributed by atoms with Crippen molar-refractivity contribution in [2.75, 3.05) is 5.32 Å². The van der Waals surface area contributed by atoms with Gasteiger partial charge in [0, 0.05) is 6.20 Å². The Hall–Kier alpha value is -0.940. The minimum absolute atomic E-state index is 0.0289. The summed E-state index contributed by atoms with van der Waals surface area (Å²) in [4.78, 5) is 16.4. The number of nitrogens with one attached hydrogen (secondary N) is 1. The number of carbonyl (C=O) groups is 1. The second kappa shape index (κ2) is 5.36. The van der Waals surface area contributed by atoms with Crippen molar-refractivity contribution in [1.29, 1.82) is 0 Å². The summed E-state index contributed by atoms with van der Waals surface area (Å²) in [5.74, 6) is 0.608. The second-order valence-electron chi connectivity index (χ2n) is 4.75. The molecule has 4 unspecified atom stereocenters. The van der Waals surface area contributed by atoms with E-state index in [9.17, 15) is 4.79 Å². The van der Waals surface area contributed by atoms with Crippen molar-refractivity contribution in [2.45, 2.75) is 33.0 Å². The molecule has 5 heteroatoms. The number of pyridine rings is 1. The Morgan fingerprint density at radius 2 is 2.11 bits per heavy atom. The van der Waals surface area contributed by atoms with Gasteiger partial charge < -0.3 is 10.1 Å². The first-order valence-electron chi connectivity index (χ1n) is 6.07. The van der Waals surface area contributed by atoms with Crippen molar-refractivity contribution in [2.24, 2.45) is 11.8 Å². The Labute approximate surface area is 115 Å². The van der Waals surface area contributed by atoms with Gasteiger partial charge in [-0.15, -0.1) is 0 Å². The molecule has 0 saturated carbocycles. The van der Waals surface area contributed by atoms with Gasteiger partial charge in [-0.25, -0.2) is 4.98 Å². The first kappa shape index (κ1) is 13.5. The summed E-state index contributed by atoms with van der Waals surface area (Å²) >= 11 is 3.37. The molecule has 4 nitrogen and oxygen atoms in total. The highest BCUT2D eigenvalue weighted by molar-refractivity contribution is 9.10. The molecule has 1 aliphatic rings. The Morgan fingerprint density at radius 1 is 1.39 bits per heavy atom. The number of anilines is 1. The summed E-state index contributed by atoms with van der Waals surface area (Å²) in [6, 6.07) is 3.66. The number of nitrogens with zero attached hydrogens (tertiary/aromatic N) is 1. The zero-order valence-corrected chi connectivity index (χ0v) is 12.3. The summed E-state index contributed by atoms with van der Waals surface area (Å²) in [5.41, 5.74) is 0. The monoisotopic (exact) mass is 312 g/mol. The van der Waals surface area contributed by atoms with Gasteiger partial charge in [-0.2, -0.15) is 0 Å². The van der Waals surface area contributed by atoms with Crippen LogP contribution in [0, 0.1) is 11.8 Å². The van der Waals surface area contributed by atoms with Crippen molar-refractivity contribution >= 4 is 27.7 Å². The lowest BCUT2D eigenvalue weighted by Crippen LogP contribution is -2.32. The van der Waals surface area contributed by atoms with E-state index in [0.29, 0.717) is 5.82 Å². The van der Waals surface area contributed by atoms with Gasteiger partial charge in [0.1, 0.15) is 5.82 Å². The molecule has 1 fully saturated rings. The molecular formula is C13H17BrN2O2. The fourth-order valence-corrected chi connectivity index (χ4v) is 2.75. The largest absolute Gasteiger partial charge is 0.374 e. The van der Waals surface area contributed by atoms with Crippen LogP contribution in [0.5, 0.6) is 0 Å². The summed E-state index contributed by atoms with van der Waals surface area (Å²) < 4.78 is 6.47. The highest BCUT2D eigenvalue weighted by Gasteiger charge is 2.41. The van der Waals surface area contributed by atoms with Crippen LogP contribution in [-0.2, 0) is 9.53 Å². The van der Waals surface area contributed by atoms with Crippen LogP contribution in [0.3, 0.4) is 0 Å². The van der Waals surface area contributed by atoms with Gasteiger partial charge in [0.15, 0.2) is 0 Å². The molecule has 0 aromatic carbocycles. The highest BCUT2D eigenvalue weighted by atomic mass is 79.9. The fourth-order valence-electron chi connectivity index (χ4n) is 2.40. The van der Waals surface area contributed by atoms with Crippen LogP contribution in [0.15, 0.2) is 22.8 Å². The maximum absolute atomic E-state index is 12.3. The van der Waals surface area contributed by atoms with Crippen molar-refractivity contribution in [3.8, 4) is 0 Å². The first-order chi connectivity index (χ1) is 8.50. The van der Waals surface area contributed by atoms with E-state index in [1.165, 1.54) is 0 Å². The predicted molar refractivity (Wildman–Crippen MR) is 73.2 cm³/mol. The topological polar surface area (TPSA) is 51.2 Å². The van der Waals surface area contributed by atoms with Gasteiger partial charge in [-0.3, -0.25) is 4.79 Å². The maximum atomic E-state index is 12.3. The molecule has 0 spiro atoms. The summed E-state index contributed by atoms with van der Waals surface area (Å²) in [6.45, 7) is 5.99. The molecule has 18 heavy (non-hydrogen) atoms. The number of halogens is 1. The lowest BCUT2D eigenvalue weighted by molar-refractivity contribution is -0.122. The zero-order chi connectivity index (χ0) is 13.3. The van der Waals surface area contributed by atoms with Gasteiger partial charge >= 0.3 is 0 Å². The Kier molecular flexibility index (Phi) is 4.02. The molecule has 1 aliphatic heterocycles. The standard InChI is InChI=1S/C13H17BrN2O2/c1-7-8(2)18-9(3)11(7)13(17)16-12-10(14)5-4-6-15-12/h4-9,11H,1-3H3,(H,15,16,17). The number of rotatable bonds is 2. The van der Waals surface area contributed by atoms with E-state index < -0.39 is 0 Å². The molecule has 1 aromatic heterocycles. The molecule has 2 heterocycles. The van der Waals surface area contributed by atoms with E-state index in [2.05, 4.69) is 26.2 Å². The van der Waals surface area contributed by atoms with Crippen molar-refractivity contribution in [3.63, 3.8) is 0 Å². The van der Waals surface area contributed by atoms with Crippen LogP contribution in [0.1, 0.15) is 20.8 Å². The Bertz CT molecular complexity index is 452. The average molecular weight is 313 g/mol. The third-order valence-corrected chi connectivity index (χ3v) is 4.18. The molecule has 0 aliphatic carbocycles. The SMILES string of the molecule is CC1OC(C)C(C(=O)Nc2ncccc2Br)C1C. The van der Waals surface area contributed by atoms with Gasteiger partial charge in [0.2, 0.25) is 5.91 Å². The Morgan fingerprint density at radius 3 is 2.67 bits per heavy atom. The molecule has 98 valence electrons. The molecule has 1 amide bonds. The molecule has 1 saturated heterocycles. The predicted octanol–water partition coefficient (Wildman–Crippen LogP) is 2.84. The van der Waals surface area contributed by atoms with Gasteiger partial charge in [0.05, 0.1) is 22.6 Å². The lowest BCUT2D eigenvalue weighted by Gasteiger charge is -2.17. The third-order valence-electron chi connectivity index (χ3n) is 3.54. The van der Waals surface area contributed by atoms with Crippen LogP contribution in [0.25, 0.3) is 0 Å². The number of amides is 1. The molecule has 1 N–H and O–H groups in total. The van der Waals surface area contributed by atoms with Crippen molar-refractivity contribution < 1.29 is 9.53 Å². The van der Waals surface area contributed by atoms with E-state index in [1.54, 1.807) is 6.20 Å². The molecule has 2 rings (SSSR count). The summed E-state index contributed by atoms with van der Waals surface area (Å²) in [5, 5.41) is 2.86. The summed E-state index contributed by atoms with van der Waals surface area (Å²) in [6.07, 6.45) is 1.71. The average Bonchev–Trinajstić information content (AvgIpc) is 2.56. The van der Waals surface area contributed by atoms with E-state index in [1.807, 2.05) is 32.9 Å². The molecule has 4 atom stereocenters. The van der Waals surface area contributed by atoms with Crippen LogP contribution in [0.2, 0.25) is 0 Å². The second-order valence-corrected chi connectivity index (χ2v) is 5.61. The zero-order valence-electron chi connectivity index (χ0n) is 10.7. The van der Waals surface area contributed by atoms with E-state index in [0.717, 1.165) is 4.47 Å². The van der Waals surface area contributed by atoms with Crippen LogP contribution in [0.4, 0.5) is 5.82 Å². The minimum atomic E-state index is -0.131. The lowest BCUT2D eigenvalue weighted by atomic mass is 9.89. The smallest absolute Gasteiger partial charge is 0.231 e. The van der Waals surface area contributed by atoms with Crippen molar-refractivity contribution in [1.82, 2.24) is 4.98 Å². The van der Waals surface area contributed by atoms with Gasteiger partial charge in [-0.05, 0) is 47.8 Å².